The van der Waals surface area contributed by atoms with Crippen molar-refractivity contribution in [2.75, 3.05) is 18.4 Å². The van der Waals surface area contributed by atoms with Crippen LogP contribution in [0.5, 0.6) is 0 Å². The highest BCUT2D eigenvalue weighted by atomic mass is 16.5. The van der Waals surface area contributed by atoms with E-state index in [1.165, 1.54) is 5.56 Å². The first-order chi connectivity index (χ1) is 16.1. The number of carbonyl (C=O) groups is 2. The summed E-state index contributed by atoms with van der Waals surface area (Å²) >= 11 is 0. The lowest BCUT2D eigenvalue weighted by Gasteiger charge is -2.37. The SMILES string of the molecule is Cc1cc(NC(=O)C(c2ccccc2)N2CCC(NC(=O)CCc3ccccc3)CC2)no1. The number of carbonyl (C=O) groups excluding carboxylic acids is 2. The second kappa shape index (κ2) is 10.9. The summed E-state index contributed by atoms with van der Waals surface area (Å²) in [5, 5.41) is 9.94. The molecule has 1 fully saturated rings. The van der Waals surface area contributed by atoms with Crippen molar-refractivity contribution < 1.29 is 14.1 Å². The Morgan fingerprint density at radius 1 is 1.06 bits per heavy atom. The van der Waals surface area contributed by atoms with Gasteiger partial charge in [0.1, 0.15) is 11.8 Å². The van der Waals surface area contributed by atoms with E-state index in [0.717, 1.165) is 24.8 Å². The molecule has 0 spiro atoms. The molecule has 7 heteroatoms. The Labute approximate surface area is 194 Å². The number of piperidine rings is 1. The number of hydrogen-bond donors (Lipinski definition) is 2. The molecule has 0 aliphatic carbocycles. The van der Waals surface area contributed by atoms with Crippen LogP contribution in [-0.2, 0) is 16.0 Å². The van der Waals surface area contributed by atoms with E-state index >= 15 is 0 Å². The van der Waals surface area contributed by atoms with E-state index in [4.69, 9.17) is 4.52 Å². The molecule has 33 heavy (non-hydrogen) atoms. The van der Waals surface area contributed by atoms with Gasteiger partial charge in [0, 0.05) is 31.6 Å². The standard InChI is InChI=1S/C26H30N4O3/c1-19-18-23(29-33-19)28-26(32)25(21-10-6-3-7-11-21)30-16-14-22(15-17-30)27-24(31)13-12-20-8-4-2-5-9-20/h2-11,18,22,25H,12-17H2,1H3,(H,27,31)(H,28,29,32). The molecule has 0 saturated carbocycles. The number of aromatic nitrogens is 1. The van der Waals surface area contributed by atoms with E-state index in [9.17, 15) is 9.59 Å². The summed E-state index contributed by atoms with van der Waals surface area (Å²) in [7, 11) is 0. The predicted octanol–water partition coefficient (Wildman–Crippen LogP) is 3.88. The highest BCUT2D eigenvalue weighted by Gasteiger charge is 2.32. The van der Waals surface area contributed by atoms with Crippen molar-refractivity contribution in [3.8, 4) is 0 Å². The Morgan fingerprint density at radius 2 is 1.73 bits per heavy atom. The van der Waals surface area contributed by atoms with E-state index in [2.05, 4.69) is 20.7 Å². The van der Waals surface area contributed by atoms with Crippen LogP contribution in [0.3, 0.4) is 0 Å². The lowest BCUT2D eigenvalue weighted by atomic mass is 9.98. The molecule has 3 aromatic rings. The highest BCUT2D eigenvalue weighted by Crippen LogP contribution is 2.26. The molecule has 1 unspecified atom stereocenters. The van der Waals surface area contributed by atoms with E-state index in [1.54, 1.807) is 13.0 Å². The van der Waals surface area contributed by atoms with E-state index in [0.29, 0.717) is 31.1 Å². The van der Waals surface area contributed by atoms with E-state index in [1.807, 2.05) is 60.7 Å². The van der Waals surface area contributed by atoms with Crippen LogP contribution < -0.4 is 10.6 Å². The normalized spacial score (nSPS) is 15.7. The van der Waals surface area contributed by atoms with Crippen molar-refractivity contribution in [2.24, 2.45) is 0 Å². The molecule has 0 bridgehead atoms. The van der Waals surface area contributed by atoms with Crippen molar-refractivity contribution in [1.82, 2.24) is 15.4 Å². The zero-order valence-corrected chi connectivity index (χ0v) is 18.9. The zero-order chi connectivity index (χ0) is 23.0. The number of hydrogen-bond acceptors (Lipinski definition) is 5. The Bertz CT molecular complexity index is 1040. The number of amides is 2. The van der Waals surface area contributed by atoms with Gasteiger partial charge in [-0.1, -0.05) is 65.8 Å². The van der Waals surface area contributed by atoms with Gasteiger partial charge in [0.05, 0.1) is 0 Å². The maximum Gasteiger partial charge on any atom is 0.247 e. The van der Waals surface area contributed by atoms with Crippen LogP contribution in [0.25, 0.3) is 0 Å². The fraction of sp³-hybridized carbons (Fsp3) is 0.346. The molecule has 1 aromatic heterocycles. The molecule has 7 nitrogen and oxygen atoms in total. The monoisotopic (exact) mass is 446 g/mol. The summed E-state index contributed by atoms with van der Waals surface area (Å²) in [6, 6.07) is 21.2. The summed E-state index contributed by atoms with van der Waals surface area (Å²) in [6.07, 6.45) is 2.83. The van der Waals surface area contributed by atoms with Gasteiger partial charge >= 0.3 is 0 Å². The quantitative estimate of drug-likeness (QED) is 0.548. The van der Waals surface area contributed by atoms with E-state index < -0.39 is 6.04 Å². The molecule has 172 valence electrons. The first-order valence-electron chi connectivity index (χ1n) is 11.4. The second-order valence-electron chi connectivity index (χ2n) is 8.49. The lowest BCUT2D eigenvalue weighted by molar-refractivity contribution is -0.124. The van der Waals surface area contributed by atoms with Crippen molar-refractivity contribution >= 4 is 17.6 Å². The molecule has 2 heterocycles. The van der Waals surface area contributed by atoms with Crippen LogP contribution in [0, 0.1) is 6.92 Å². The largest absolute Gasteiger partial charge is 0.360 e. The van der Waals surface area contributed by atoms with Gasteiger partial charge in [-0.15, -0.1) is 0 Å². The topological polar surface area (TPSA) is 87.5 Å². The number of nitrogens with one attached hydrogen (secondary N) is 2. The number of rotatable bonds is 8. The van der Waals surface area contributed by atoms with Crippen molar-refractivity contribution in [2.45, 2.75) is 44.7 Å². The summed E-state index contributed by atoms with van der Waals surface area (Å²) in [5.74, 6) is 1.00. The molecule has 1 saturated heterocycles. The maximum absolute atomic E-state index is 13.2. The van der Waals surface area contributed by atoms with Crippen LogP contribution in [0.2, 0.25) is 0 Å². The third-order valence-corrected chi connectivity index (χ3v) is 5.99. The number of benzene rings is 2. The number of likely N-dealkylation sites (tertiary alicyclic amines) is 1. The molecular weight excluding hydrogens is 416 g/mol. The number of anilines is 1. The summed E-state index contributed by atoms with van der Waals surface area (Å²) in [5.41, 5.74) is 2.10. The van der Waals surface area contributed by atoms with Crippen LogP contribution >= 0.6 is 0 Å². The minimum absolute atomic E-state index is 0.0797. The minimum atomic E-state index is -0.432. The van der Waals surface area contributed by atoms with Gasteiger partial charge in [-0.3, -0.25) is 14.5 Å². The predicted molar refractivity (Wildman–Crippen MR) is 127 cm³/mol. The zero-order valence-electron chi connectivity index (χ0n) is 18.9. The Balaban J connectivity index is 1.33. The second-order valence-corrected chi connectivity index (χ2v) is 8.49. The molecule has 2 amide bonds. The van der Waals surface area contributed by atoms with Gasteiger partial charge in [0.25, 0.3) is 0 Å². The van der Waals surface area contributed by atoms with Crippen molar-refractivity contribution in [1.29, 1.82) is 0 Å². The van der Waals surface area contributed by atoms with Crippen LogP contribution in [0.1, 0.15) is 42.2 Å². The minimum Gasteiger partial charge on any atom is -0.360 e. The van der Waals surface area contributed by atoms with Crippen LogP contribution in [0.4, 0.5) is 5.82 Å². The molecular formula is C26H30N4O3. The van der Waals surface area contributed by atoms with Gasteiger partial charge in [-0.2, -0.15) is 0 Å². The number of nitrogens with zero attached hydrogens (tertiary/aromatic N) is 2. The van der Waals surface area contributed by atoms with Gasteiger partial charge in [-0.25, -0.2) is 0 Å². The molecule has 2 N–H and O–H groups in total. The fourth-order valence-electron chi connectivity index (χ4n) is 4.29. The Morgan fingerprint density at radius 3 is 2.36 bits per heavy atom. The first-order valence-corrected chi connectivity index (χ1v) is 11.4. The fourth-order valence-corrected chi connectivity index (χ4v) is 4.29. The van der Waals surface area contributed by atoms with Gasteiger partial charge < -0.3 is 15.2 Å². The van der Waals surface area contributed by atoms with Gasteiger partial charge in [-0.05, 0) is 37.3 Å². The molecule has 2 aromatic carbocycles. The van der Waals surface area contributed by atoms with Gasteiger partial charge in [0.15, 0.2) is 5.82 Å². The number of aryl methyl sites for hydroxylation is 2. The van der Waals surface area contributed by atoms with Crippen molar-refractivity contribution in [3.63, 3.8) is 0 Å². The molecule has 4 rings (SSSR count). The van der Waals surface area contributed by atoms with Crippen LogP contribution in [-0.4, -0.2) is 41.0 Å². The summed E-state index contributed by atoms with van der Waals surface area (Å²) in [6.45, 7) is 3.22. The average molecular weight is 447 g/mol. The highest BCUT2D eigenvalue weighted by molar-refractivity contribution is 5.94. The molecule has 1 atom stereocenters. The third kappa shape index (κ3) is 6.29. The third-order valence-electron chi connectivity index (χ3n) is 5.99. The lowest BCUT2D eigenvalue weighted by Crippen LogP contribution is -2.48. The Hall–Kier alpha value is -3.45. The molecule has 1 aliphatic rings. The maximum atomic E-state index is 13.2. The summed E-state index contributed by atoms with van der Waals surface area (Å²) in [4.78, 5) is 27.8. The molecule has 0 radical (unpaired) electrons. The summed E-state index contributed by atoms with van der Waals surface area (Å²) < 4.78 is 5.08. The van der Waals surface area contributed by atoms with E-state index in [-0.39, 0.29) is 17.9 Å². The van der Waals surface area contributed by atoms with Crippen molar-refractivity contribution in [3.05, 3.63) is 83.6 Å². The smallest absolute Gasteiger partial charge is 0.247 e. The van der Waals surface area contributed by atoms with Gasteiger partial charge in [0.2, 0.25) is 11.8 Å². The Kier molecular flexibility index (Phi) is 7.52. The first kappa shape index (κ1) is 22.7. The average Bonchev–Trinajstić information content (AvgIpc) is 3.25. The molecule has 1 aliphatic heterocycles. The van der Waals surface area contributed by atoms with Crippen LogP contribution in [0.15, 0.2) is 71.3 Å².